The summed E-state index contributed by atoms with van der Waals surface area (Å²) in [6.07, 6.45) is 1.66. The zero-order valence-corrected chi connectivity index (χ0v) is 13.1. The first-order chi connectivity index (χ1) is 10.6. The van der Waals surface area contributed by atoms with Crippen molar-refractivity contribution in [2.45, 2.75) is 24.2 Å². The third-order valence-electron chi connectivity index (χ3n) is 2.90. The fourth-order valence-electron chi connectivity index (χ4n) is 1.74. The molecule has 0 aliphatic rings. The Labute approximate surface area is 132 Å². The van der Waals surface area contributed by atoms with Gasteiger partial charge in [0.2, 0.25) is 0 Å². The molecular formula is C13H16N2O7S. The van der Waals surface area contributed by atoms with Crippen LogP contribution in [0.5, 0.6) is 0 Å². The van der Waals surface area contributed by atoms with Crippen LogP contribution in [0, 0.1) is 10.1 Å². The summed E-state index contributed by atoms with van der Waals surface area (Å²) in [6, 6.07) is 2.94. The number of nitrogens with zero attached hydrogens (tertiary/aromatic N) is 1. The molecule has 0 saturated carbocycles. The number of nitrogens with one attached hydrogen (secondary N) is 1. The molecule has 1 aromatic rings. The minimum atomic E-state index is -3.70. The molecule has 23 heavy (non-hydrogen) atoms. The minimum absolute atomic E-state index is 0.0229. The monoisotopic (exact) mass is 344 g/mol. The second-order valence-corrected chi connectivity index (χ2v) is 6.87. The average molecular weight is 344 g/mol. The first-order valence-corrected chi connectivity index (χ1v) is 8.50. The van der Waals surface area contributed by atoms with Gasteiger partial charge in [0.25, 0.3) is 11.6 Å². The maximum atomic E-state index is 12.0. The molecule has 126 valence electrons. The van der Waals surface area contributed by atoms with Crippen LogP contribution in [0.3, 0.4) is 0 Å². The number of nitro groups is 1. The fraction of sp³-hybridized carbons (Fsp3) is 0.385. The van der Waals surface area contributed by atoms with Gasteiger partial charge in [0, 0.05) is 36.9 Å². The number of non-ortho nitro benzene ring substituents is 1. The van der Waals surface area contributed by atoms with Gasteiger partial charge >= 0.3 is 5.97 Å². The molecule has 1 aromatic carbocycles. The number of aliphatic carboxylic acids is 1. The number of rotatable bonds is 8. The molecule has 0 atom stereocenters. The van der Waals surface area contributed by atoms with Crippen molar-refractivity contribution in [3.63, 3.8) is 0 Å². The second kappa shape index (κ2) is 7.68. The lowest BCUT2D eigenvalue weighted by atomic mass is 10.2. The zero-order chi connectivity index (χ0) is 17.6. The van der Waals surface area contributed by atoms with E-state index in [0.717, 1.165) is 24.5 Å². The van der Waals surface area contributed by atoms with Gasteiger partial charge in [0.15, 0.2) is 9.84 Å². The van der Waals surface area contributed by atoms with Crippen LogP contribution in [-0.4, -0.2) is 43.1 Å². The average Bonchev–Trinajstić information content (AvgIpc) is 2.44. The van der Waals surface area contributed by atoms with Gasteiger partial charge in [-0.1, -0.05) is 0 Å². The first kappa shape index (κ1) is 18.6. The molecule has 0 fully saturated rings. The summed E-state index contributed by atoms with van der Waals surface area (Å²) in [5.41, 5.74) is -0.637. The van der Waals surface area contributed by atoms with Crippen molar-refractivity contribution in [3.8, 4) is 0 Å². The Bertz CT molecular complexity index is 728. The topological polar surface area (TPSA) is 144 Å². The molecule has 0 bridgehead atoms. The number of hydrogen-bond donors (Lipinski definition) is 2. The van der Waals surface area contributed by atoms with Crippen molar-refractivity contribution in [2.75, 3.05) is 12.8 Å². The molecule has 0 spiro atoms. The third-order valence-corrected chi connectivity index (χ3v) is 3.99. The lowest BCUT2D eigenvalue weighted by molar-refractivity contribution is -0.385. The molecule has 0 heterocycles. The van der Waals surface area contributed by atoms with Gasteiger partial charge in [0.05, 0.1) is 9.82 Å². The van der Waals surface area contributed by atoms with Crippen LogP contribution in [0.15, 0.2) is 23.1 Å². The van der Waals surface area contributed by atoms with Crippen LogP contribution < -0.4 is 5.32 Å². The van der Waals surface area contributed by atoms with E-state index >= 15 is 0 Å². The first-order valence-electron chi connectivity index (χ1n) is 6.61. The highest BCUT2D eigenvalue weighted by Gasteiger charge is 2.18. The predicted octanol–water partition coefficient (Wildman–Crippen LogP) is 0.983. The number of amides is 1. The summed E-state index contributed by atoms with van der Waals surface area (Å²) in [5, 5.41) is 21.8. The quantitative estimate of drug-likeness (QED) is 0.406. The molecule has 0 saturated heterocycles. The molecule has 1 amide bonds. The molecule has 0 aliphatic heterocycles. The van der Waals surface area contributed by atoms with E-state index in [1.165, 1.54) is 0 Å². The van der Waals surface area contributed by atoms with Crippen LogP contribution in [0.1, 0.15) is 29.6 Å². The lowest BCUT2D eigenvalue weighted by Crippen LogP contribution is -2.25. The van der Waals surface area contributed by atoms with Crippen molar-refractivity contribution in [1.29, 1.82) is 0 Å². The van der Waals surface area contributed by atoms with Crippen LogP contribution in [0.4, 0.5) is 5.69 Å². The largest absolute Gasteiger partial charge is 0.481 e. The van der Waals surface area contributed by atoms with Crippen molar-refractivity contribution in [1.82, 2.24) is 5.32 Å². The van der Waals surface area contributed by atoms with Crippen molar-refractivity contribution < 1.29 is 28.0 Å². The number of hydrogen-bond acceptors (Lipinski definition) is 6. The Morgan fingerprint density at radius 1 is 1.26 bits per heavy atom. The van der Waals surface area contributed by atoms with Gasteiger partial charge in [-0.25, -0.2) is 8.42 Å². The zero-order valence-electron chi connectivity index (χ0n) is 12.3. The Kier molecular flexibility index (Phi) is 6.19. The number of carboxylic acids is 1. The summed E-state index contributed by atoms with van der Waals surface area (Å²) in [7, 11) is -3.70. The SMILES string of the molecule is CS(=O)(=O)c1cc(C(=O)NCCCCC(=O)O)cc([N+](=O)[O-])c1. The highest BCUT2D eigenvalue weighted by Crippen LogP contribution is 2.20. The van der Waals surface area contributed by atoms with Crippen LogP contribution >= 0.6 is 0 Å². The summed E-state index contributed by atoms with van der Waals surface area (Å²) < 4.78 is 23.1. The fourth-order valence-corrected chi connectivity index (χ4v) is 2.41. The van der Waals surface area contributed by atoms with Crippen LogP contribution in [0.25, 0.3) is 0 Å². The molecule has 0 aliphatic carbocycles. The number of carboxylic acid groups (broad SMARTS) is 1. The summed E-state index contributed by atoms with van der Waals surface area (Å²) in [4.78, 5) is 32.0. The van der Waals surface area contributed by atoms with E-state index in [9.17, 15) is 28.1 Å². The van der Waals surface area contributed by atoms with Crippen LogP contribution in [0.2, 0.25) is 0 Å². The Morgan fingerprint density at radius 2 is 1.91 bits per heavy atom. The summed E-state index contributed by atoms with van der Waals surface area (Å²) >= 11 is 0. The normalized spacial score (nSPS) is 11.0. The molecule has 9 nitrogen and oxygen atoms in total. The molecular weight excluding hydrogens is 328 g/mol. The number of sulfone groups is 1. The van der Waals surface area contributed by atoms with Gasteiger partial charge in [-0.15, -0.1) is 0 Å². The van der Waals surface area contributed by atoms with E-state index in [0.29, 0.717) is 12.8 Å². The molecule has 1 rings (SSSR count). The minimum Gasteiger partial charge on any atom is -0.481 e. The lowest BCUT2D eigenvalue weighted by Gasteiger charge is -2.06. The molecule has 0 radical (unpaired) electrons. The Morgan fingerprint density at radius 3 is 2.43 bits per heavy atom. The third kappa shape index (κ3) is 6.02. The van der Waals surface area contributed by atoms with Gasteiger partial charge in [-0.05, 0) is 18.9 Å². The number of nitro benzene ring substituents is 1. The standard InChI is InChI=1S/C13H16N2O7S/c1-23(21,22)11-7-9(6-10(8-11)15(19)20)13(18)14-5-3-2-4-12(16)17/h6-8H,2-5H2,1H3,(H,14,18)(H,16,17). The number of carbonyl (C=O) groups excluding carboxylic acids is 1. The Balaban J connectivity index is 2.85. The smallest absolute Gasteiger partial charge is 0.303 e. The number of unbranched alkanes of at least 4 members (excludes halogenated alkanes) is 1. The van der Waals surface area contributed by atoms with E-state index < -0.39 is 32.3 Å². The predicted molar refractivity (Wildman–Crippen MR) is 80.0 cm³/mol. The van der Waals surface area contributed by atoms with E-state index in [4.69, 9.17) is 5.11 Å². The maximum absolute atomic E-state index is 12.0. The molecule has 0 unspecified atom stereocenters. The molecule has 2 N–H and O–H groups in total. The maximum Gasteiger partial charge on any atom is 0.303 e. The summed E-state index contributed by atoms with van der Waals surface area (Å²) in [5.74, 6) is -1.60. The summed E-state index contributed by atoms with van der Waals surface area (Å²) in [6.45, 7) is 0.184. The number of benzene rings is 1. The van der Waals surface area contributed by atoms with E-state index in [-0.39, 0.29) is 23.4 Å². The second-order valence-electron chi connectivity index (χ2n) is 4.85. The van der Waals surface area contributed by atoms with Gasteiger partial charge in [-0.3, -0.25) is 19.7 Å². The number of carbonyl (C=O) groups is 2. The van der Waals surface area contributed by atoms with Gasteiger partial charge in [-0.2, -0.15) is 0 Å². The van der Waals surface area contributed by atoms with Crippen LogP contribution in [-0.2, 0) is 14.6 Å². The molecule has 10 heteroatoms. The van der Waals surface area contributed by atoms with Gasteiger partial charge < -0.3 is 10.4 Å². The van der Waals surface area contributed by atoms with Crippen molar-refractivity contribution in [2.24, 2.45) is 0 Å². The van der Waals surface area contributed by atoms with Gasteiger partial charge in [0.1, 0.15) is 0 Å². The molecule has 0 aromatic heterocycles. The van der Waals surface area contributed by atoms with E-state index in [2.05, 4.69) is 5.32 Å². The highest BCUT2D eigenvalue weighted by atomic mass is 32.2. The highest BCUT2D eigenvalue weighted by molar-refractivity contribution is 7.90. The van der Waals surface area contributed by atoms with Crippen molar-refractivity contribution >= 4 is 27.4 Å². The van der Waals surface area contributed by atoms with E-state index in [1.807, 2.05) is 0 Å². The van der Waals surface area contributed by atoms with Crippen molar-refractivity contribution in [3.05, 3.63) is 33.9 Å². The van der Waals surface area contributed by atoms with E-state index in [1.54, 1.807) is 0 Å². The Hall–Kier alpha value is -2.49.